The van der Waals surface area contributed by atoms with Crippen LogP contribution in [0.15, 0.2) is 24.9 Å². The lowest BCUT2D eigenvalue weighted by Crippen LogP contribution is -2.21. The number of aromatic nitrogens is 6. The number of rotatable bonds is 6. The number of nitrogens with zero attached hydrogens (tertiary/aromatic N) is 6. The lowest BCUT2D eigenvalue weighted by atomic mass is 9.87. The number of aryl methyl sites for hydroxylation is 1. The summed E-state index contributed by atoms with van der Waals surface area (Å²) in [6.07, 6.45) is 14.1. The summed E-state index contributed by atoms with van der Waals surface area (Å²) < 4.78 is 3.63. The number of fused-ring (bicyclic) bond motifs is 1. The Morgan fingerprint density at radius 1 is 1.19 bits per heavy atom. The summed E-state index contributed by atoms with van der Waals surface area (Å²) in [7, 11) is 0. The first-order valence-electron chi connectivity index (χ1n) is 9.70. The van der Waals surface area contributed by atoms with Crippen molar-refractivity contribution < 1.29 is 5.11 Å². The summed E-state index contributed by atoms with van der Waals surface area (Å²) in [5.41, 5.74) is 1.93. The van der Waals surface area contributed by atoms with E-state index in [0.717, 1.165) is 11.4 Å². The zero-order chi connectivity index (χ0) is 18.9. The maximum Gasteiger partial charge on any atom is 0.198 e. The molecule has 3 heterocycles. The molecule has 0 amide bonds. The second-order valence-electron chi connectivity index (χ2n) is 8.06. The topological polar surface area (TPSA) is 93.2 Å². The van der Waals surface area contributed by atoms with Crippen molar-refractivity contribution in [1.29, 1.82) is 0 Å². The maximum absolute atomic E-state index is 9.89. The predicted molar refractivity (Wildman–Crippen MR) is 103 cm³/mol. The molecule has 0 aromatic carbocycles. The van der Waals surface area contributed by atoms with Crippen molar-refractivity contribution in [1.82, 2.24) is 29.4 Å². The van der Waals surface area contributed by atoms with Gasteiger partial charge in [0.15, 0.2) is 11.5 Å². The standard InChI is InChI=1S/C19H27N7O/c1-19(2,27)8-9-25-11-15(10-21-25)23-17-18-20-13-22-26(18)12-16(24-17)14-6-4-3-5-7-14/h10-14,27H,3-9H2,1-2H3,(H,23,24). The fourth-order valence-corrected chi connectivity index (χ4v) is 3.60. The highest BCUT2D eigenvalue weighted by atomic mass is 16.3. The molecule has 1 aliphatic carbocycles. The van der Waals surface area contributed by atoms with Crippen LogP contribution in [0, 0.1) is 0 Å². The van der Waals surface area contributed by atoms with Crippen LogP contribution in [-0.2, 0) is 6.54 Å². The summed E-state index contributed by atoms with van der Waals surface area (Å²) in [4.78, 5) is 9.22. The molecule has 0 radical (unpaired) electrons. The van der Waals surface area contributed by atoms with Gasteiger partial charge >= 0.3 is 0 Å². The van der Waals surface area contributed by atoms with Gasteiger partial charge in [-0.1, -0.05) is 19.3 Å². The van der Waals surface area contributed by atoms with Gasteiger partial charge in [0.2, 0.25) is 0 Å². The lowest BCUT2D eigenvalue weighted by Gasteiger charge is -2.21. The Bertz CT molecular complexity index is 902. The Morgan fingerprint density at radius 2 is 2.00 bits per heavy atom. The van der Waals surface area contributed by atoms with Crippen LogP contribution in [-0.4, -0.2) is 40.1 Å². The van der Waals surface area contributed by atoms with Gasteiger partial charge in [-0.2, -0.15) is 10.2 Å². The molecule has 0 bridgehead atoms. The molecule has 1 fully saturated rings. The zero-order valence-corrected chi connectivity index (χ0v) is 16.0. The SMILES string of the molecule is CC(C)(O)CCn1cc(Nc2nc(C3CCCCC3)cn3ncnc23)cn1. The molecule has 1 saturated carbocycles. The average Bonchev–Trinajstić information content (AvgIpc) is 3.29. The van der Waals surface area contributed by atoms with E-state index in [9.17, 15) is 5.11 Å². The van der Waals surface area contributed by atoms with Gasteiger partial charge < -0.3 is 10.4 Å². The smallest absolute Gasteiger partial charge is 0.198 e. The van der Waals surface area contributed by atoms with E-state index in [4.69, 9.17) is 4.98 Å². The van der Waals surface area contributed by atoms with Crippen molar-refractivity contribution in [3.63, 3.8) is 0 Å². The van der Waals surface area contributed by atoms with Crippen LogP contribution in [0.25, 0.3) is 5.65 Å². The predicted octanol–water partition coefficient (Wildman–Crippen LogP) is 3.27. The van der Waals surface area contributed by atoms with Crippen molar-refractivity contribution >= 4 is 17.2 Å². The molecular weight excluding hydrogens is 342 g/mol. The molecule has 4 rings (SSSR count). The van der Waals surface area contributed by atoms with E-state index in [-0.39, 0.29) is 0 Å². The van der Waals surface area contributed by atoms with E-state index in [1.165, 1.54) is 32.1 Å². The van der Waals surface area contributed by atoms with E-state index >= 15 is 0 Å². The van der Waals surface area contributed by atoms with Crippen molar-refractivity contribution in [2.45, 2.75) is 70.4 Å². The Balaban J connectivity index is 1.56. The molecule has 2 N–H and O–H groups in total. The van der Waals surface area contributed by atoms with Gasteiger partial charge in [0, 0.05) is 18.7 Å². The molecule has 0 unspecified atom stereocenters. The van der Waals surface area contributed by atoms with Crippen LogP contribution >= 0.6 is 0 Å². The van der Waals surface area contributed by atoms with Crippen LogP contribution in [0.2, 0.25) is 0 Å². The maximum atomic E-state index is 9.89. The van der Waals surface area contributed by atoms with Crippen LogP contribution < -0.4 is 5.32 Å². The number of nitrogens with one attached hydrogen (secondary N) is 1. The molecule has 8 heteroatoms. The lowest BCUT2D eigenvalue weighted by molar-refractivity contribution is 0.0651. The summed E-state index contributed by atoms with van der Waals surface area (Å²) in [5, 5.41) is 21.9. The van der Waals surface area contributed by atoms with E-state index in [1.807, 2.05) is 17.1 Å². The first-order chi connectivity index (χ1) is 13.0. The Labute approximate surface area is 158 Å². The third-order valence-corrected chi connectivity index (χ3v) is 5.15. The molecule has 1 aliphatic rings. The minimum atomic E-state index is -0.705. The number of hydrogen-bond acceptors (Lipinski definition) is 6. The van der Waals surface area contributed by atoms with E-state index in [1.54, 1.807) is 30.9 Å². The van der Waals surface area contributed by atoms with Crippen molar-refractivity contribution in [3.8, 4) is 0 Å². The highest BCUT2D eigenvalue weighted by Crippen LogP contribution is 2.32. The summed E-state index contributed by atoms with van der Waals surface area (Å²) >= 11 is 0. The fourth-order valence-electron chi connectivity index (χ4n) is 3.60. The molecule has 27 heavy (non-hydrogen) atoms. The van der Waals surface area contributed by atoms with E-state index in [2.05, 4.69) is 20.5 Å². The average molecular weight is 369 g/mol. The molecule has 0 atom stereocenters. The minimum Gasteiger partial charge on any atom is -0.390 e. The fraction of sp³-hybridized carbons (Fsp3) is 0.579. The molecule has 3 aromatic heterocycles. The first-order valence-corrected chi connectivity index (χ1v) is 9.70. The number of hydrogen-bond donors (Lipinski definition) is 2. The summed E-state index contributed by atoms with van der Waals surface area (Å²) in [6.45, 7) is 4.26. The van der Waals surface area contributed by atoms with Gasteiger partial charge in [-0.05, 0) is 33.1 Å². The minimum absolute atomic E-state index is 0.488. The normalized spacial score (nSPS) is 16.1. The molecule has 144 valence electrons. The number of anilines is 2. The van der Waals surface area contributed by atoms with Gasteiger partial charge in [-0.3, -0.25) is 4.68 Å². The van der Waals surface area contributed by atoms with Crippen molar-refractivity contribution in [2.75, 3.05) is 5.32 Å². The van der Waals surface area contributed by atoms with Crippen LogP contribution in [0.5, 0.6) is 0 Å². The third-order valence-electron chi connectivity index (χ3n) is 5.15. The molecule has 0 spiro atoms. The molecular formula is C19H27N7O. The second-order valence-corrected chi connectivity index (χ2v) is 8.06. The van der Waals surface area contributed by atoms with E-state index < -0.39 is 5.60 Å². The molecule has 3 aromatic rings. The largest absolute Gasteiger partial charge is 0.390 e. The molecule has 8 nitrogen and oxygen atoms in total. The van der Waals surface area contributed by atoms with Gasteiger partial charge in [-0.25, -0.2) is 14.5 Å². The summed E-state index contributed by atoms with van der Waals surface area (Å²) in [6, 6.07) is 0. The Kier molecular flexibility index (Phi) is 4.82. The Hall–Kier alpha value is -2.48. The van der Waals surface area contributed by atoms with Gasteiger partial charge in [0.05, 0.1) is 29.4 Å². The van der Waals surface area contributed by atoms with Crippen LogP contribution in [0.3, 0.4) is 0 Å². The molecule has 0 saturated heterocycles. The summed E-state index contributed by atoms with van der Waals surface area (Å²) in [5.74, 6) is 1.19. The quantitative estimate of drug-likeness (QED) is 0.693. The van der Waals surface area contributed by atoms with Crippen LogP contribution in [0.1, 0.15) is 64.0 Å². The monoisotopic (exact) mass is 369 g/mol. The Morgan fingerprint density at radius 3 is 2.78 bits per heavy atom. The zero-order valence-electron chi connectivity index (χ0n) is 16.0. The van der Waals surface area contributed by atoms with Gasteiger partial charge in [-0.15, -0.1) is 0 Å². The van der Waals surface area contributed by atoms with Gasteiger partial charge in [0.25, 0.3) is 0 Å². The third kappa shape index (κ3) is 4.27. The molecule has 0 aliphatic heterocycles. The van der Waals surface area contributed by atoms with Crippen molar-refractivity contribution in [3.05, 3.63) is 30.6 Å². The van der Waals surface area contributed by atoms with Crippen molar-refractivity contribution in [2.24, 2.45) is 0 Å². The highest BCUT2D eigenvalue weighted by Gasteiger charge is 2.20. The van der Waals surface area contributed by atoms with Gasteiger partial charge in [0.1, 0.15) is 6.33 Å². The van der Waals surface area contributed by atoms with E-state index in [0.29, 0.717) is 30.3 Å². The highest BCUT2D eigenvalue weighted by molar-refractivity contribution is 5.68. The number of aliphatic hydroxyl groups is 1. The van der Waals surface area contributed by atoms with Crippen LogP contribution in [0.4, 0.5) is 11.5 Å². The second kappa shape index (κ2) is 7.26. The first kappa shape index (κ1) is 17.9.